The molecule has 118 valence electrons. The van der Waals surface area contributed by atoms with Crippen molar-refractivity contribution in [2.45, 2.75) is 45.7 Å². The summed E-state index contributed by atoms with van der Waals surface area (Å²) in [6.45, 7) is 6.94. The first-order valence-corrected chi connectivity index (χ1v) is 6.91. The number of carbonyl (C=O) groups excluding carboxylic acids is 2. The van der Waals surface area contributed by atoms with Crippen LogP contribution in [0.4, 0.5) is 18.7 Å². The third-order valence-corrected chi connectivity index (χ3v) is 2.93. The van der Waals surface area contributed by atoms with Crippen LogP contribution < -0.4 is 16.0 Å². The van der Waals surface area contributed by atoms with E-state index >= 15 is 0 Å². The van der Waals surface area contributed by atoms with Crippen molar-refractivity contribution in [2.24, 2.45) is 0 Å². The average molecular weight is 321 g/mol. The molecule has 0 aliphatic heterocycles. The van der Waals surface area contributed by atoms with Crippen LogP contribution in [0.1, 0.15) is 39.1 Å². The van der Waals surface area contributed by atoms with Gasteiger partial charge in [0.05, 0.1) is 0 Å². The second kappa shape index (κ2) is 6.74. The van der Waals surface area contributed by atoms with E-state index in [-0.39, 0.29) is 11.0 Å². The highest BCUT2D eigenvalue weighted by Gasteiger charge is 2.21. The minimum atomic E-state index is -2.74. The van der Waals surface area contributed by atoms with Crippen molar-refractivity contribution in [1.82, 2.24) is 20.8 Å². The topological polar surface area (TPSA) is 96.0 Å². The first kappa shape index (κ1) is 17.2. The molecular weight excluding hydrogens is 304 g/mol. The number of aromatic nitrogens is 2. The molecule has 7 nitrogen and oxygen atoms in total. The zero-order valence-electron chi connectivity index (χ0n) is 12.0. The summed E-state index contributed by atoms with van der Waals surface area (Å²) in [5, 5.41) is 13.4. The zero-order chi connectivity index (χ0) is 16.2. The van der Waals surface area contributed by atoms with E-state index in [0.29, 0.717) is 11.3 Å². The van der Waals surface area contributed by atoms with Crippen molar-refractivity contribution in [2.75, 3.05) is 5.32 Å². The van der Waals surface area contributed by atoms with Crippen LogP contribution in [0.5, 0.6) is 0 Å². The third-order valence-electron chi connectivity index (χ3n) is 2.09. The molecule has 1 aromatic heterocycles. The van der Waals surface area contributed by atoms with E-state index in [1.807, 2.05) is 20.8 Å². The zero-order valence-corrected chi connectivity index (χ0v) is 12.8. The van der Waals surface area contributed by atoms with Crippen LogP contribution in [0.3, 0.4) is 0 Å². The van der Waals surface area contributed by atoms with Gasteiger partial charge in [0, 0.05) is 5.54 Å². The van der Waals surface area contributed by atoms with Gasteiger partial charge in [0.2, 0.25) is 11.0 Å². The summed E-state index contributed by atoms with van der Waals surface area (Å²) in [6.07, 6.45) is -2.74. The fourth-order valence-corrected chi connectivity index (χ4v) is 1.84. The molecule has 0 saturated carbocycles. The standard InChI is InChI=1S/C11H17F2N5O2S/c1-5(7(19)16-11(2,3)4)14-9(20)15-10-18-17-8(21-10)6(12)13/h5-6H,1-4H3,(H,16,19)(H2,14,15,18,20)/t5-/m1/s1. The number of hydrogen-bond acceptors (Lipinski definition) is 5. The molecule has 3 amide bonds. The summed E-state index contributed by atoms with van der Waals surface area (Å²) in [5.41, 5.74) is -0.422. The Hall–Kier alpha value is -1.84. The number of urea groups is 1. The molecule has 1 atom stereocenters. The number of alkyl halides is 2. The highest BCUT2D eigenvalue weighted by atomic mass is 32.1. The van der Waals surface area contributed by atoms with Crippen molar-refractivity contribution in [3.63, 3.8) is 0 Å². The van der Waals surface area contributed by atoms with Crippen molar-refractivity contribution in [3.05, 3.63) is 5.01 Å². The maximum atomic E-state index is 12.3. The average Bonchev–Trinajstić information content (AvgIpc) is 2.74. The van der Waals surface area contributed by atoms with Gasteiger partial charge in [-0.25, -0.2) is 13.6 Å². The summed E-state index contributed by atoms with van der Waals surface area (Å²) >= 11 is 0.570. The number of rotatable bonds is 4. The number of carbonyl (C=O) groups is 2. The van der Waals surface area contributed by atoms with Gasteiger partial charge in [-0.2, -0.15) is 0 Å². The lowest BCUT2D eigenvalue weighted by molar-refractivity contribution is -0.123. The van der Waals surface area contributed by atoms with E-state index in [1.165, 1.54) is 6.92 Å². The first-order chi connectivity index (χ1) is 9.58. The molecule has 0 aliphatic rings. The molecular formula is C11H17F2N5O2S. The summed E-state index contributed by atoms with van der Waals surface area (Å²) in [6, 6.07) is -1.50. The van der Waals surface area contributed by atoms with Crippen molar-refractivity contribution in [3.8, 4) is 0 Å². The molecule has 0 saturated heterocycles. The van der Waals surface area contributed by atoms with Gasteiger partial charge >= 0.3 is 6.03 Å². The Morgan fingerprint density at radius 2 is 1.86 bits per heavy atom. The van der Waals surface area contributed by atoms with Gasteiger partial charge in [0.15, 0.2) is 5.01 Å². The monoisotopic (exact) mass is 321 g/mol. The number of nitrogens with one attached hydrogen (secondary N) is 3. The van der Waals surface area contributed by atoms with Gasteiger partial charge in [-0.15, -0.1) is 10.2 Å². The van der Waals surface area contributed by atoms with E-state index < -0.39 is 29.0 Å². The summed E-state index contributed by atoms with van der Waals surface area (Å²) in [4.78, 5) is 23.4. The second-order valence-corrected chi connectivity index (χ2v) is 6.31. The van der Waals surface area contributed by atoms with Crippen molar-refractivity contribution >= 4 is 28.4 Å². The molecule has 0 aromatic carbocycles. The molecule has 0 spiro atoms. The lowest BCUT2D eigenvalue weighted by Crippen LogP contribution is -2.51. The first-order valence-electron chi connectivity index (χ1n) is 6.09. The molecule has 0 fully saturated rings. The Morgan fingerprint density at radius 1 is 1.24 bits per heavy atom. The Balaban J connectivity index is 2.51. The minimum absolute atomic E-state index is 0.0637. The largest absolute Gasteiger partial charge is 0.350 e. The number of hydrogen-bond donors (Lipinski definition) is 3. The Labute approximate surface area is 124 Å². The molecule has 21 heavy (non-hydrogen) atoms. The molecule has 0 bridgehead atoms. The van der Waals surface area contributed by atoms with E-state index in [1.54, 1.807) is 0 Å². The van der Waals surface area contributed by atoms with E-state index in [0.717, 1.165) is 0 Å². The fraction of sp³-hybridized carbons (Fsp3) is 0.636. The van der Waals surface area contributed by atoms with Crippen LogP contribution >= 0.6 is 11.3 Å². The maximum Gasteiger partial charge on any atom is 0.321 e. The Kier molecular flexibility index (Phi) is 5.53. The molecule has 0 aliphatic carbocycles. The predicted molar refractivity (Wildman–Crippen MR) is 74.4 cm³/mol. The smallest absolute Gasteiger partial charge is 0.321 e. The number of nitrogens with zero attached hydrogens (tertiary/aromatic N) is 2. The fourth-order valence-electron chi connectivity index (χ4n) is 1.25. The van der Waals surface area contributed by atoms with Crippen molar-refractivity contribution in [1.29, 1.82) is 0 Å². The Bertz CT molecular complexity index is 515. The van der Waals surface area contributed by atoms with E-state index in [4.69, 9.17) is 0 Å². The summed E-state index contributed by atoms with van der Waals surface area (Å²) in [7, 11) is 0. The van der Waals surface area contributed by atoms with E-state index in [2.05, 4.69) is 26.1 Å². The molecule has 1 heterocycles. The van der Waals surface area contributed by atoms with Crippen molar-refractivity contribution < 1.29 is 18.4 Å². The molecule has 1 rings (SSSR count). The maximum absolute atomic E-state index is 12.3. The van der Waals surface area contributed by atoms with Gasteiger partial charge in [-0.05, 0) is 27.7 Å². The molecule has 10 heteroatoms. The van der Waals surface area contributed by atoms with Gasteiger partial charge in [0.25, 0.3) is 6.43 Å². The second-order valence-electron chi connectivity index (χ2n) is 5.31. The van der Waals surface area contributed by atoms with Gasteiger partial charge in [-0.3, -0.25) is 10.1 Å². The SMILES string of the molecule is C[C@@H](NC(=O)Nc1nnc(C(F)F)s1)C(=O)NC(C)(C)C. The highest BCUT2D eigenvalue weighted by Crippen LogP contribution is 2.24. The van der Waals surface area contributed by atoms with Crippen LogP contribution in [0, 0.1) is 0 Å². The highest BCUT2D eigenvalue weighted by molar-refractivity contribution is 7.15. The molecule has 0 unspecified atom stereocenters. The van der Waals surface area contributed by atoms with E-state index in [9.17, 15) is 18.4 Å². The predicted octanol–water partition coefficient (Wildman–Crippen LogP) is 1.90. The lowest BCUT2D eigenvalue weighted by atomic mass is 10.1. The third kappa shape index (κ3) is 5.98. The summed E-state index contributed by atoms with van der Waals surface area (Å²) < 4.78 is 24.6. The minimum Gasteiger partial charge on any atom is -0.350 e. The molecule has 3 N–H and O–H groups in total. The number of halogens is 2. The lowest BCUT2D eigenvalue weighted by Gasteiger charge is -2.23. The van der Waals surface area contributed by atoms with Crippen LogP contribution in [0.15, 0.2) is 0 Å². The van der Waals surface area contributed by atoms with Crippen LogP contribution in [-0.4, -0.2) is 33.7 Å². The Morgan fingerprint density at radius 3 is 2.33 bits per heavy atom. The molecule has 0 radical (unpaired) electrons. The van der Waals surface area contributed by atoms with Gasteiger partial charge < -0.3 is 10.6 Å². The summed E-state index contributed by atoms with van der Waals surface area (Å²) in [5.74, 6) is -0.358. The van der Waals surface area contributed by atoms with Crippen LogP contribution in [0.2, 0.25) is 0 Å². The quantitative estimate of drug-likeness (QED) is 0.789. The molecule has 1 aromatic rings. The number of anilines is 1. The van der Waals surface area contributed by atoms with Gasteiger partial charge in [0.1, 0.15) is 6.04 Å². The van der Waals surface area contributed by atoms with Crippen LogP contribution in [-0.2, 0) is 4.79 Å². The number of amides is 3. The normalized spacial score (nSPS) is 12.9. The van der Waals surface area contributed by atoms with Crippen LogP contribution in [0.25, 0.3) is 0 Å². The van der Waals surface area contributed by atoms with Gasteiger partial charge in [-0.1, -0.05) is 11.3 Å².